The summed E-state index contributed by atoms with van der Waals surface area (Å²) in [6.45, 7) is 4.52. The molecule has 25 heavy (non-hydrogen) atoms. The van der Waals surface area contributed by atoms with Crippen LogP contribution < -0.4 is 0 Å². The van der Waals surface area contributed by atoms with Crippen LogP contribution in [0.1, 0.15) is 57.2 Å². The summed E-state index contributed by atoms with van der Waals surface area (Å²) in [5.41, 5.74) is 1.26. The fraction of sp³-hybridized carbons (Fsp3) is 0.611. The molecule has 0 spiro atoms. The molecule has 2 aromatic rings. The second kappa shape index (κ2) is 9.62. The van der Waals surface area contributed by atoms with E-state index in [2.05, 4.69) is 21.0 Å². The van der Waals surface area contributed by atoms with Crippen molar-refractivity contribution in [3.8, 4) is 0 Å². The number of rotatable bonds is 4. The predicted octanol–water partition coefficient (Wildman–Crippen LogP) is 4.12. The molecule has 7 heteroatoms. The van der Waals surface area contributed by atoms with E-state index >= 15 is 0 Å². The van der Waals surface area contributed by atoms with Gasteiger partial charge in [-0.2, -0.15) is 5.10 Å². The van der Waals surface area contributed by atoms with Crippen LogP contribution in [0.5, 0.6) is 0 Å². The number of halogens is 2. The highest BCUT2D eigenvalue weighted by atomic mass is 79.9. The Labute approximate surface area is 155 Å². The maximum Gasteiger partial charge on any atom is 0.150 e. The van der Waals surface area contributed by atoms with Crippen LogP contribution in [0.15, 0.2) is 16.7 Å². The van der Waals surface area contributed by atoms with E-state index in [1.54, 1.807) is 17.8 Å². The molecule has 2 atom stereocenters. The van der Waals surface area contributed by atoms with Crippen LogP contribution in [-0.2, 0) is 4.74 Å². The van der Waals surface area contributed by atoms with Crippen molar-refractivity contribution in [3.63, 3.8) is 0 Å². The van der Waals surface area contributed by atoms with E-state index in [1.165, 1.54) is 6.07 Å². The molecule has 0 radical (unpaired) electrons. The third-order valence-corrected chi connectivity index (χ3v) is 5.23. The highest BCUT2D eigenvalue weighted by Gasteiger charge is 2.24. The predicted molar refractivity (Wildman–Crippen MR) is 99.1 cm³/mol. The van der Waals surface area contributed by atoms with Crippen LogP contribution in [0.25, 0.3) is 10.9 Å². The summed E-state index contributed by atoms with van der Waals surface area (Å²) in [5.74, 6) is -0.522. The molecular formula is C18H26BrFN2O3. The number of ether oxygens (including phenoxy) is 1. The summed E-state index contributed by atoms with van der Waals surface area (Å²) >= 11 is 3.51. The zero-order valence-corrected chi connectivity index (χ0v) is 16.3. The lowest BCUT2D eigenvalue weighted by Gasteiger charge is -2.24. The summed E-state index contributed by atoms with van der Waals surface area (Å²) in [6.07, 6.45) is 5.35. The first-order valence-electron chi connectivity index (χ1n) is 8.77. The molecule has 140 valence electrons. The zero-order chi connectivity index (χ0) is 18.4. The van der Waals surface area contributed by atoms with E-state index in [0.29, 0.717) is 16.5 Å². The van der Waals surface area contributed by atoms with E-state index < -0.39 is 0 Å². The van der Waals surface area contributed by atoms with Crippen molar-refractivity contribution < 1.29 is 19.3 Å². The van der Waals surface area contributed by atoms with Crippen LogP contribution in [0.3, 0.4) is 0 Å². The highest BCUT2D eigenvalue weighted by molar-refractivity contribution is 9.10. The molecule has 2 heterocycles. The number of aliphatic hydroxyl groups excluding tert-OH is 2. The third kappa shape index (κ3) is 4.39. The minimum atomic E-state index is -0.308. The lowest BCUT2D eigenvalue weighted by molar-refractivity contribution is -0.0366. The van der Waals surface area contributed by atoms with E-state index in [1.807, 2.05) is 6.92 Å². The van der Waals surface area contributed by atoms with Crippen molar-refractivity contribution in [1.82, 2.24) is 9.78 Å². The first-order chi connectivity index (χ1) is 12.1. The first-order valence-corrected chi connectivity index (χ1v) is 9.56. The molecule has 0 aliphatic carbocycles. The average molecular weight is 417 g/mol. The number of fused-ring (bicyclic) bond motifs is 1. The Balaban J connectivity index is 0.000000701. The molecule has 1 aromatic heterocycles. The van der Waals surface area contributed by atoms with Gasteiger partial charge in [0, 0.05) is 40.6 Å². The van der Waals surface area contributed by atoms with Gasteiger partial charge in [-0.05, 0) is 48.5 Å². The number of benzene rings is 1. The molecule has 0 saturated carbocycles. The van der Waals surface area contributed by atoms with E-state index in [4.69, 9.17) is 9.84 Å². The van der Waals surface area contributed by atoms with Crippen molar-refractivity contribution in [2.45, 2.75) is 51.7 Å². The number of aromatic nitrogens is 2. The molecule has 1 fully saturated rings. The minimum absolute atomic E-state index is 0.0720. The second-order valence-corrected chi connectivity index (χ2v) is 6.83. The van der Waals surface area contributed by atoms with Gasteiger partial charge in [0.15, 0.2) is 6.23 Å². The number of hydrogen-bond donors (Lipinski definition) is 2. The van der Waals surface area contributed by atoms with Gasteiger partial charge < -0.3 is 14.9 Å². The first kappa shape index (κ1) is 20.3. The van der Waals surface area contributed by atoms with Crippen molar-refractivity contribution in [2.24, 2.45) is 0 Å². The van der Waals surface area contributed by atoms with Gasteiger partial charge in [0.2, 0.25) is 0 Å². The van der Waals surface area contributed by atoms with Gasteiger partial charge in [0.25, 0.3) is 0 Å². The van der Waals surface area contributed by atoms with Crippen LogP contribution >= 0.6 is 15.9 Å². The molecule has 3 rings (SSSR count). The van der Waals surface area contributed by atoms with E-state index in [-0.39, 0.29) is 31.2 Å². The Bertz CT molecular complexity index is 683. The molecule has 2 unspecified atom stereocenters. The molecule has 0 bridgehead atoms. The van der Waals surface area contributed by atoms with Gasteiger partial charge in [0.05, 0.1) is 18.3 Å². The number of aliphatic hydroxyl groups is 2. The molecule has 1 aliphatic rings. The standard InChI is InChI=1S/C16H20BrFN2O2.C2H6O/c1-2-10(9-21)15-12(18)7-13-11(16(15)17)8-19-20(13)14-5-3-4-6-22-14;1-2-3/h7-8,10,14,21H,2-6,9H2,1H3;3H,2H2,1H3. The fourth-order valence-electron chi connectivity index (χ4n) is 3.08. The van der Waals surface area contributed by atoms with Gasteiger partial charge in [-0.15, -0.1) is 0 Å². The number of nitrogens with zero attached hydrogens (tertiary/aromatic N) is 2. The Morgan fingerprint density at radius 1 is 1.40 bits per heavy atom. The monoisotopic (exact) mass is 416 g/mol. The molecule has 1 aromatic carbocycles. The summed E-state index contributed by atoms with van der Waals surface area (Å²) in [5, 5.41) is 22.3. The van der Waals surface area contributed by atoms with Crippen molar-refractivity contribution in [2.75, 3.05) is 19.8 Å². The average Bonchev–Trinajstić information content (AvgIpc) is 3.04. The van der Waals surface area contributed by atoms with Crippen LogP contribution in [0.4, 0.5) is 4.39 Å². The van der Waals surface area contributed by atoms with Crippen LogP contribution in [0.2, 0.25) is 0 Å². The molecule has 2 N–H and O–H groups in total. The number of hydrogen-bond acceptors (Lipinski definition) is 4. The van der Waals surface area contributed by atoms with Crippen molar-refractivity contribution in [1.29, 1.82) is 0 Å². The largest absolute Gasteiger partial charge is 0.397 e. The minimum Gasteiger partial charge on any atom is -0.397 e. The van der Waals surface area contributed by atoms with Crippen LogP contribution in [-0.4, -0.2) is 39.8 Å². The van der Waals surface area contributed by atoms with E-state index in [9.17, 15) is 9.50 Å². The molecule has 1 aliphatic heterocycles. The fourth-order valence-corrected chi connectivity index (χ4v) is 3.90. The Morgan fingerprint density at radius 2 is 2.12 bits per heavy atom. The smallest absolute Gasteiger partial charge is 0.150 e. The third-order valence-electron chi connectivity index (χ3n) is 4.38. The highest BCUT2D eigenvalue weighted by Crippen LogP contribution is 2.37. The second-order valence-electron chi connectivity index (χ2n) is 6.03. The topological polar surface area (TPSA) is 67.5 Å². The summed E-state index contributed by atoms with van der Waals surface area (Å²) in [6, 6.07) is 1.51. The summed E-state index contributed by atoms with van der Waals surface area (Å²) < 4.78 is 22.8. The van der Waals surface area contributed by atoms with Gasteiger partial charge in [0.1, 0.15) is 5.82 Å². The summed E-state index contributed by atoms with van der Waals surface area (Å²) in [4.78, 5) is 0. The maximum absolute atomic E-state index is 14.6. The Morgan fingerprint density at radius 3 is 2.68 bits per heavy atom. The van der Waals surface area contributed by atoms with Crippen molar-refractivity contribution in [3.05, 3.63) is 28.1 Å². The molecule has 1 saturated heterocycles. The SMILES string of the molecule is CCC(CO)c1c(F)cc2c(cnn2C2CCCCO2)c1Br.CCO. The Hall–Kier alpha value is -1.02. The van der Waals surface area contributed by atoms with Crippen LogP contribution in [0, 0.1) is 5.82 Å². The molecular weight excluding hydrogens is 391 g/mol. The molecule has 5 nitrogen and oxygen atoms in total. The maximum atomic E-state index is 14.6. The van der Waals surface area contributed by atoms with Gasteiger partial charge in [-0.25, -0.2) is 9.07 Å². The zero-order valence-electron chi connectivity index (χ0n) is 14.7. The van der Waals surface area contributed by atoms with Gasteiger partial charge in [-0.3, -0.25) is 0 Å². The molecule has 0 amide bonds. The van der Waals surface area contributed by atoms with Gasteiger partial charge in [-0.1, -0.05) is 6.92 Å². The lowest BCUT2D eigenvalue weighted by Crippen LogP contribution is -2.19. The van der Waals surface area contributed by atoms with Crippen molar-refractivity contribution >= 4 is 26.8 Å². The lowest BCUT2D eigenvalue weighted by atomic mass is 9.95. The van der Waals surface area contributed by atoms with E-state index in [0.717, 1.165) is 36.8 Å². The quantitative estimate of drug-likeness (QED) is 0.786. The normalized spacial score (nSPS) is 18.7. The summed E-state index contributed by atoms with van der Waals surface area (Å²) in [7, 11) is 0. The van der Waals surface area contributed by atoms with Gasteiger partial charge >= 0.3 is 0 Å². The Kier molecular flexibility index (Phi) is 7.81.